The van der Waals surface area contributed by atoms with Crippen LogP contribution in [0.1, 0.15) is 5.76 Å². The highest BCUT2D eigenvalue weighted by Gasteiger charge is 2.37. The summed E-state index contributed by atoms with van der Waals surface area (Å²) in [6.07, 6.45) is 0.602. The first-order chi connectivity index (χ1) is 12.5. The van der Waals surface area contributed by atoms with Crippen LogP contribution in [0.4, 0.5) is 0 Å². The van der Waals surface area contributed by atoms with Gasteiger partial charge < -0.3 is 19.8 Å². The number of carbonyl (C=O) groups is 2. The zero-order valence-corrected chi connectivity index (χ0v) is 15.2. The van der Waals surface area contributed by atoms with Gasteiger partial charge in [0.25, 0.3) is 10.0 Å². The SMILES string of the molecule is O=C(NCc1ccco1)C(=O)NCC1OCCN1S(=O)(=O)c1cccs1. The molecule has 0 bridgehead atoms. The molecule has 3 rings (SSSR count). The van der Waals surface area contributed by atoms with Crippen LogP contribution >= 0.6 is 11.3 Å². The summed E-state index contributed by atoms with van der Waals surface area (Å²) in [7, 11) is -3.69. The van der Waals surface area contributed by atoms with E-state index in [4.69, 9.17) is 9.15 Å². The zero-order valence-electron chi connectivity index (χ0n) is 13.6. The van der Waals surface area contributed by atoms with Gasteiger partial charge in [-0.15, -0.1) is 11.3 Å². The van der Waals surface area contributed by atoms with Crippen molar-refractivity contribution in [3.63, 3.8) is 0 Å². The zero-order chi connectivity index (χ0) is 18.6. The minimum absolute atomic E-state index is 0.0814. The van der Waals surface area contributed by atoms with Crippen LogP contribution in [-0.2, 0) is 30.9 Å². The van der Waals surface area contributed by atoms with Gasteiger partial charge in [0.15, 0.2) is 0 Å². The van der Waals surface area contributed by atoms with Gasteiger partial charge >= 0.3 is 11.8 Å². The predicted molar refractivity (Wildman–Crippen MR) is 91.5 cm³/mol. The first kappa shape index (κ1) is 18.6. The number of hydrogen-bond acceptors (Lipinski definition) is 7. The maximum absolute atomic E-state index is 12.6. The molecule has 140 valence electrons. The summed E-state index contributed by atoms with van der Waals surface area (Å²) in [6, 6.07) is 6.49. The van der Waals surface area contributed by atoms with E-state index in [1.54, 1.807) is 23.6 Å². The number of carbonyl (C=O) groups excluding carboxylic acids is 2. The van der Waals surface area contributed by atoms with Crippen LogP contribution in [-0.4, -0.2) is 50.5 Å². The van der Waals surface area contributed by atoms with Crippen molar-refractivity contribution in [3.8, 4) is 0 Å². The maximum Gasteiger partial charge on any atom is 0.309 e. The lowest BCUT2D eigenvalue weighted by atomic mass is 10.4. The van der Waals surface area contributed by atoms with E-state index in [9.17, 15) is 18.0 Å². The molecule has 9 nitrogen and oxygen atoms in total. The lowest BCUT2D eigenvalue weighted by molar-refractivity contribution is -0.139. The molecule has 26 heavy (non-hydrogen) atoms. The first-order valence-electron chi connectivity index (χ1n) is 7.74. The van der Waals surface area contributed by atoms with Crippen molar-refractivity contribution < 1.29 is 27.2 Å². The van der Waals surface area contributed by atoms with Crippen molar-refractivity contribution in [2.24, 2.45) is 0 Å². The average molecular weight is 399 g/mol. The Morgan fingerprint density at radius 3 is 2.73 bits per heavy atom. The van der Waals surface area contributed by atoms with E-state index in [1.807, 2.05) is 0 Å². The molecule has 3 heterocycles. The number of rotatable bonds is 6. The molecule has 0 spiro atoms. The van der Waals surface area contributed by atoms with Crippen LogP contribution in [0, 0.1) is 0 Å². The molecule has 2 N–H and O–H groups in total. The van der Waals surface area contributed by atoms with Gasteiger partial charge in [0.1, 0.15) is 16.2 Å². The highest BCUT2D eigenvalue weighted by atomic mass is 32.2. The molecule has 2 aromatic rings. The number of furan rings is 1. The highest BCUT2D eigenvalue weighted by Crippen LogP contribution is 2.25. The number of hydrogen-bond donors (Lipinski definition) is 2. The van der Waals surface area contributed by atoms with E-state index < -0.39 is 28.1 Å². The van der Waals surface area contributed by atoms with Gasteiger partial charge in [-0.2, -0.15) is 4.31 Å². The molecule has 0 aliphatic carbocycles. The molecule has 0 aromatic carbocycles. The predicted octanol–water partition coefficient (Wildman–Crippen LogP) is 0.121. The maximum atomic E-state index is 12.6. The summed E-state index contributed by atoms with van der Waals surface area (Å²) >= 11 is 1.11. The summed E-state index contributed by atoms with van der Waals surface area (Å²) in [5, 5.41) is 6.47. The van der Waals surface area contributed by atoms with Crippen molar-refractivity contribution in [2.75, 3.05) is 19.7 Å². The van der Waals surface area contributed by atoms with Gasteiger partial charge in [-0.3, -0.25) is 9.59 Å². The van der Waals surface area contributed by atoms with E-state index in [-0.39, 0.29) is 30.5 Å². The quantitative estimate of drug-likeness (QED) is 0.666. The number of amides is 2. The largest absolute Gasteiger partial charge is 0.467 e. The molecular weight excluding hydrogens is 382 g/mol. The summed E-state index contributed by atoms with van der Waals surface area (Å²) in [5.41, 5.74) is 0. The second-order valence-electron chi connectivity index (χ2n) is 5.35. The minimum Gasteiger partial charge on any atom is -0.467 e. The fourth-order valence-electron chi connectivity index (χ4n) is 2.39. The van der Waals surface area contributed by atoms with Gasteiger partial charge in [-0.05, 0) is 23.6 Å². The number of ether oxygens (including phenoxy) is 1. The van der Waals surface area contributed by atoms with Crippen molar-refractivity contribution in [3.05, 3.63) is 41.7 Å². The minimum atomic E-state index is -3.69. The lowest BCUT2D eigenvalue weighted by Crippen LogP contribution is -2.47. The van der Waals surface area contributed by atoms with Crippen LogP contribution in [0.25, 0.3) is 0 Å². The van der Waals surface area contributed by atoms with Crippen LogP contribution in [0.3, 0.4) is 0 Å². The first-order valence-corrected chi connectivity index (χ1v) is 10.1. The lowest BCUT2D eigenvalue weighted by Gasteiger charge is -2.22. The van der Waals surface area contributed by atoms with E-state index in [1.165, 1.54) is 16.6 Å². The number of sulfonamides is 1. The number of nitrogens with zero attached hydrogens (tertiary/aromatic N) is 1. The Hall–Kier alpha value is -2.21. The van der Waals surface area contributed by atoms with Crippen molar-refractivity contribution in [1.82, 2.24) is 14.9 Å². The summed E-state index contributed by atoms with van der Waals surface area (Å²) < 4.78 is 37.0. The Bertz CT molecular complexity index is 848. The topological polar surface area (TPSA) is 118 Å². The Morgan fingerprint density at radius 2 is 2.04 bits per heavy atom. The van der Waals surface area contributed by atoms with E-state index in [0.29, 0.717) is 5.76 Å². The Morgan fingerprint density at radius 1 is 1.23 bits per heavy atom. The molecule has 1 fully saturated rings. The fourth-order valence-corrected chi connectivity index (χ4v) is 5.02. The molecule has 1 unspecified atom stereocenters. The fraction of sp³-hybridized carbons (Fsp3) is 0.333. The van der Waals surface area contributed by atoms with Crippen LogP contribution in [0.2, 0.25) is 0 Å². The van der Waals surface area contributed by atoms with Gasteiger partial charge in [0.2, 0.25) is 0 Å². The van der Waals surface area contributed by atoms with Gasteiger partial charge in [-0.25, -0.2) is 8.42 Å². The average Bonchev–Trinajstić information content (AvgIpc) is 3.39. The molecule has 1 atom stereocenters. The molecule has 1 aliphatic heterocycles. The molecule has 1 saturated heterocycles. The molecule has 0 saturated carbocycles. The van der Waals surface area contributed by atoms with E-state index in [2.05, 4.69) is 10.6 Å². The van der Waals surface area contributed by atoms with E-state index >= 15 is 0 Å². The van der Waals surface area contributed by atoms with Crippen LogP contribution in [0.5, 0.6) is 0 Å². The van der Waals surface area contributed by atoms with Crippen LogP contribution in [0.15, 0.2) is 44.5 Å². The number of nitrogens with one attached hydrogen (secondary N) is 2. The van der Waals surface area contributed by atoms with Crippen LogP contribution < -0.4 is 10.6 Å². The van der Waals surface area contributed by atoms with Crippen molar-refractivity contribution in [1.29, 1.82) is 0 Å². The van der Waals surface area contributed by atoms with E-state index in [0.717, 1.165) is 11.3 Å². The molecule has 1 aliphatic rings. The molecule has 0 radical (unpaired) electrons. The third-order valence-corrected chi connectivity index (χ3v) is 6.91. The molecule has 2 aromatic heterocycles. The number of thiophene rings is 1. The third-order valence-electron chi connectivity index (χ3n) is 3.65. The Labute approximate surface area is 154 Å². The van der Waals surface area contributed by atoms with Gasteiger partial charge in [0.05, 0.1) is 26.0 Å². The Kier molecular flexibility index (Phi) is 5.71. The van der Waals surface area contributed by atoms with Crippen molar-refractivity contribution in [2.45, 2.75) is 17.0 Å². The molecular formula is C15H17N3O6S2. The van der Waals surface area contributed by atoms with Gasteiger partial charge in [-0.1, -0.05) is 6.07 Å². The normalized spacial score (nSPS) is 17.9. The highest BCUT2D eigenvalue weighted by molar-refractivity contribution is 7.91. The Balaban J connectivity index is 1.53. The third kappa shape index (κ3) is 4.12. The second-order valence-corrected chi connectivity index (χ2v) is 8.41. The summed E-state index contributed by atoms with van der Waals surface area (Å²) in [5.74, 6) is -1.20. The van der Waals surface area contributed by atoms with Gasteiger partial charge in [0, 0.05) is 6.54 Å². The van der Waals surface area contributed by atoms with Crippen molar-refractivity contribution >= 4 is 33.2 Å². The summed E-state index contributed by atoms with van der Waals surface area (Å²) in [4.78, 5) is 23.6. The monoisotopic (exact) mass is 399 g/mol. The standard InChI is InChI=1S/C15H17N3O6S2/c19-14(16-9-11-3-1-6-23-11)15(20)17-10-12-18(5-7-24-12)26(21,22)13-4-2-8-25-13/h1-4,6,8,12H,5,7,9-10H2,(H,16,19)(H,17,20). The second kappa shape index (κ2) is 7.99. The summed E-state index contributed by atoms with van der Waals surface area (Å²) in [6.45, 7) is 0.358. The molecule has 11 heteroatoms. The molecule has 2 amide bonds. The smallest absolute Gasteiger partial charge is 0.309 e.